The number of thioether (sulfide) groups is 1. The highest BCUT2D eigenvalue weighted by Gasteiger charge is 2.17. The smallest absolute Gasteiger partial charge is 0.279 e. The van der Waals surface area contributed by atoms with E-state index < -0.39 is 23.7 Å². The number of hydrogen-bond acceptors (Lipinski definition) is 6. The summed E-state index contributed by atoms with van der Waals surface area (Å²) in [6.45, 7) is 2.46. The molecule has 2 aromatic rings. The van der Waals surface area contributed by atoms with E-state index in [0.717, 1.165) is 4.90 Å². The van der Waals surface area contributed by atoms with Crippen molar-refractivity contribution in [2.45, 2.75) is 17.9 Å². The van der Waals surface area contributed by atoms with Gasteiger partial charge in [0.1, 0.15) is 13.2 Å². The van der Waals surface area contributed by atoms with Crippen molar-refractivity contribution in [3.8, 4) is 17.2 Å². The molecule has 0 saturated heterocycles. The van der Waals surface area contributed by atoms with Crippen LogP contribution in [0.2, 0.25) is 0 Å². The summed E-state index contributed by atoms with van der Waals surface area (Å²) >= 11 is 1.29. The first-order valence-electron chi connectivity index (χ1n) is 8.55. The second-order valence-corrected chi connectivity index (χ2v) is 6.87. The van der Waals surface area contributed by atoms with Crippen LogP contribution >= 0.6 is 11.8 Å². The van der Waals surface area contributed by atoms with Crippen molar-refractivity contribution < 1.29 is 28.2 Å². The van der Waals surface area contributed by atoms with Gasteiger partial charge in [-0.25, -0.2) is 4.39 Å². The van der Waals surface area contributed by atoms with E-state index in [1.54, 1.807) is 18.2 Å². The van der Waals surface area contributed by atoms with Gasteiger partial charge in [0.2, 0.25) is 5.91 Å². The Morgan fingerprint density at radius 3 is 2.68 bits per heavy atom. The second-order valence-electron chi connectivity index (χ2n) is 5.82. The van der Waals surface area contributed by atoms with Gasteiger partial charge in [-0.15, -0.1) is 11.8 Å². The Balaban J connectivity index is 1.42. The molecule has 0 saturated carbocycles. The van der Waals surface area contributed by atoms with Crippen LogP contribution in [-0.2, 0) is 9.59 Å². The topological polar surface area (TPSA) is 85.9 Å². The van der Waals surface area contributed by atoms with Crippen molar-refractivity contribution in [2.75, 3.05) is 19.0 Å². The lowest BCUT2D eigenvalue weighted by Crippen LogP contribution is -2.47. The van der Waals surface area contributed by atoms with Gasteiger partial charge in [0.25, 0.3) is 5.91 Å². The fourth-order valence-electron chi connectivity index (χ4n) is 2.32. The zero-order valence-electron chi connectivity index (χ0n) is 15.1. The number of hydrazine groups is 1. The highest BCUT2D eigenvalue weighted by Crippen LogP contribution is 2.34. The van der Waals surface area contributed by atoms with Crippen LogP contribution in [-0.4, -0.2) is 36.9 Å². The largest absolute Gasteiger partial charge is 0.486 e. The molecule has 2 aromatic carbocycles. The molecule has 148 valence electrons. The zero-order chi connectivity index (χ0) is 19.9. The number of benzene rings is 2. The number of nitrogens with one attached hydrogen (secondary N) is 2. The van der Waals surface area contributed by atoms with E-state index in [-0.39, 0.29) is 11.5 Å². The summed E-state index contributed by atoms with van der Waals surface area (Å²) in [7, 11) is 0. The van der Waals surface area contributed by atoms with Crippen LogP contribution in [0.15, 0.2) is 47.4 Å². The Kier molecular flexibility index (Phi) is 6.59. The van der Waals surface area contributed by atoms with Crippen LogP contribution in [0.4, 0.5) is 4.39 Å². The summed E-state index contributed by atoms with van der Waals surface area (Å²) in [5.74, 6) is -0.192. The van der Waals surface area contributed by atoms with Crippen molar-refractivity contribution in [3.63, 3.8) is 0 Å². The molecule has 2 amide bonds. The van der Waals surface area contributed by atoms with Crippen molar-refractivity contribution in [1.82, 2.24) is 10.9 Å². The van der Waals surface area contributed by atoms with Gasteiger partial charge in [0, 0.05) is 4.90 Å². The first-order chi connectivity index (χ1) is 13.5. The van der Waals surface area contributed by atoms with Crippen LogP contribution in [0.5, 0.6) is 17.2 Å². The molecular formula is C19H19FN2O5S. The summed E-state index contributed by atoms with van der Waals surface area (Å²) in [4.78, 5) is 24.8. The van der Waals surface area contributed by atoms with Crippen LogP contribution < -0.4 is 25.1 Å². The van der Waals surface area contributed by atoms with Crippen molar-refractivity contribution in [3.05, 3.63) is 48.3 Å². The second kappa shape index (κ2) is 9.32. The Morgan fingerprint density at radius 2 is 1.89 bits per heavy atom. The summed E-state index contributed by atoms with van der Waals surface area (Å²) in [6, 6.07) is 11.2. The molecule has 0 aromatic heterocycles. The number of carbonyl (C=O) groups excluding carboxylic acids is 2. The summed E-state index contributed by atoms with van der Waals surface area (Å²) < 4.78 is 29.7. The minimum atomic E-state index is -0.984. The Labute approximate surface area is 165 Å². The standard InChI is InChI=1S/C19H19FN2O5S/c1-12(27-15-5-3-2-4-14(15)20)19(24)22-21-18(23)11-28-13-6-7-16-17(10-13)26-9-8-25-16/h2-7,10,12H,8-9,11H2,1H3,(H,21,23)(H,22,24)/t12-/m1/s1. The number of rotatable bonds is 6. The van der Waals surface area contributed by atoms with Gasteiger partial charge >= 0.3 is 0 Å². The molecule has 0 spiro atoms. The van der Waals surface area contributed by atoms with Gasteiger partial charge in [-0.3, -0.25) is 20.4 Å². The summed E-state index contributed by atoms with van der Waals surface area (Å²) in [5.41, 5.74) is 4.57. The molecule has 9 heteroatoms. The molecule has 2 N–H and O–H groups in total. The molecule has 0 unspecified atom stereocenters. The Bertz CT molecular complexity index is 864. The summed E-state index contributed by atoms with van der Waals surface area (Å²) in [5, 5.41) is 0. The summed E-state index contributed by atoms with van der Waals surface area (Å²) in [6.07, 6.45) is -0.984. The van der Waals surface area contributed by atoms with E-state index >= 15 is 0 Å². The minimum absolute atomic E-state index is 0.0364. The fourth-order valence-corrected chi connectivity index (χ4v) is 3.04. The molecule has 1 heterocycles. The predicted octanol–water partition coefficient (Wildman–Crippen LogP) is 2.30. The quantitative estimate of drug-likeness (QED) is 0.566. The van der Waals surface area contributed by atoms with Gasteiger partial charge in [-0.05, 0) is 37.3 Å². The Morgan fingerprint density at radius 1 is 1.14 bits per heavy atom. The maximum Gasteiger partial charge on any atom is 0.279 e. The van der Waals surface area contributed by atoms with E-state index in [0.29, 0.717) is 24.7 Å². The number of ether oxygens (including phenoxy) is 3. The number of halogens is 1. The molecule has 0 aliphatic carbocycles. The number of fused-ring (bicyclic) bond motifs is 1. The molecular weight excluding hydrogens is 387 g/mol. The van der Waals surface area contributed by atoms with Gasteiger partial charge < -0.3 is 14.2 Å². The van der Waals surface area contributed by atoms with Gasteiger partial charge in [0.15, 0.2) is 29.2 Å². The molecule has 0 bridgehead atoms. The molecule has 3 rings (SSSR count). The molecule has 1 aliphatic heterocycles. The normalized spacial score (nSPS) is 13.4. The van der Waals surface area contributed by atoms with E-state index in [2.05, 4.69) is 10.9 Å². The van der Waals surface area contributed by atoms with Gasteiger partial charge in [0.05, 0.1) is 5.75 Å². The SMILES string of the molecule is C[C@@H](Oc1ccccc1F)C(=O)NNC(=O)CSc1ccc2c(c1)OCCO2. The van der Waals surface area contributed by atoms with E-state index in [4.69, 9.17) is 14.2 Å². The molecule has 28 heavy (non-hydrogen) atoms. The average Bonchev–Trinajstić information content (AvgIpc) is 2.71. The molecule has 0 fully saturated rings. The van der Waals surface area contributed by atoms with Crippen LogP contribution in [0.1, 0.15) is 6.92 Å². The maximum absolute atomic E-state index is 13.5. The lowest BCUT2D eigenvalue weighted by atomic mass is 10.3. The highest BCUT2D eigenvalue weighted by molar-refractivity contribution is 8.00. The zero-order valence-corrected chi connectivity index (χ0v) is 15.9. The fraction of sp³-hybridized carbons (Fsp3) is 0.263. The third-order valence-corrected chi connectivity index (χ3v) is 4.71. The van der Waals surface area contributed by atoms with Gasteiger partial charge in [-0.1, -0.05) is 12.1 Å². The van der Waals surface area contributed by atoms with E-state index in [1.807, 2.05) is 6.07 Å². The van der Waals surface area contributed by atoms with Crippen molar-refractivity contribution >= 4 is 23.6 Å². The van der Waals surface area contributed by atoms with Crippen LogP contribution in [0, 0.1) is 5.82 Å². The van der Waals surface area contributed by atoms with Crippen molar-refractivity contribution in [2.24, 2.45) is 0 Å². The van der Waals surface area contributed by atoms with Crippen molar-refractivity contribution in [1.29, 1.82) is 0 Å². The lowest BCUT2D eigenvalue weighted by molar-refractivity contribution is -0.132. The molecule has 1 aliphatic rings. The van der Waals surface area contributed by atoms with Crippen LogP contribution in [0.25, 0.3) is 0 Å². The monoisotopic (exact) mass is 406 g/mol. The maximum atomic E-state index is 13.5. The number of para-hydroxylation sites is 1. The third kappa shape index (κ3) is 5.29. The number of carbonyl (C=O) groups is 2. The van der Waals surface area contributed by atoms with E-state index in [9.17, 15) is 14.0 Å². The first kappa shape index (κ1) is 19.8. The Hall–Kier alpha value is -2.94. The average molecular weight is 406 g/mol. The molecule has 7 nitrogen and oxygen atoms in total. The number of amides is 2. The molecule has 1 atom stereocenters. The highest BCUT2D eigenvalue weighted by atomic mass is 32.2. The molecule has 0 radical (unpaired) electrons. The minimum Gasteiger partial charge on any atom is -0.486 e. The van der Waals surface area contributed by atoms with Crippen LogP contribution in [0.3, 0.4) is 0 Å². The number of hydrogen-bond donors (Lipinski definition) is 2. The predicted molar refractivity (Wildman–Crippen MR) is 101 cm³/mol. The van der Waals surface area contributed by atoms with E-state index in [1.165, 1.54) is 36.9 Å². The lowest BCUT2D eigenvalue weighted by Gasteiger charge is -2.18. The third-order valence-electron chi connectivity index (χ3n) is 3.72. The van der Waals surface area contributed by atoms with Gasteiger partial charge in [-0.2, -0.15) is 0 Å². The first-order valence-corrected chi connectivity index (χ1v) is 9.54.